The van der Waals surface area contributed by atoms with Gasteiger partial charge in [-0.15, -0.1) is 0 Å². The quantitative estimate of drug-likeness (QED) is 0.362. The summed E-state index contributed by atoms with van der Waals surface area (Å²) in [6.45, 7) is 6.47. The summed E-state index contributed by atoms with van der Waals surface area (Å²) in [5.41, 5.74) is 7.69. The minimum Gasteiger partial charge on any atom is -0.409 e. The van der Waals surface area contributed by atoms with Crippen LogP contribution < -0.4 is 10.6 Å². The summed E-state index contributed by atoms with van der Waals surface area (Å²) < 4.78 is 0. The highest BCUT2D eigenvalue weighted by molar-refractivity contribution is 6.02. The Labute approximate surface area is 107 Å². The largest absolute Gasteiger partial charge is 0.409 e. The molecule has 0 aromatic carbocycles. The molecule has 0 aliphatic carbocycles. The van der Waals surface area contributed by atoms with E-state index in [0.29, 0.717) is 0 Å². The predicted octanol–water partition coefficient (Wildman–Crippen LogP) is 1.80. The van der Waals surface area contributed by atoms with Crippen molar-refractivity contribution in [1.82, 2.24) is 4.98 Å². The molecule has 18 heavy (non-hydrogen) atoms. The molecule has 0 unspecified atom stereocenters. The monoisotopic (exact) mass is 248 g/mol. The molecular weight excluding hydrogens is 228 g/mol. The summed E-state index contributed by atoms with van der Waals surface area (Å²) in [6.07, 6.45) is 5.82. The number of rotatable bonds is 2. The van der Waals surface area contributed by atoms with E-state index in [1.807, 2.05) is 0 Å². The van der Waals surface area contributed by atoms with Gasteiger partial charge in [-0.3, -0.25) is 4.98 Å². The number of nitrogens with zero attached hydrogens (tertiary/aromatic N) is 3. The standard InChI is InChI=1S/C13H20N4O/c1-13(2)5-3-7-17(9-13)11-8-15-6-4-10(11)12(14)16-18/h4,6,8,18H,3,5,7,9H2,1-2H3,(H2,14,16). The molecule has 1 fully saturated rings. The van der Waals surface area contributed by atoms with Crippen molar-refractivity contribution in [3.8, 4) is 0 Å². The Bertz CT molecular complexity index is 456. The molecule has 1 aliphatic heterocycles. The smallest absolute Gasteiger partial charge is 0.172 e. The Balaban J connectivity index is 2.33. The van der Waals surface area contributed by atoms with E-state index >= 15 is 0 Å². The minimum absolute atomic E-state index is 0.135. The Morgan fingerprint density at radius 1 is 1.56 bits per heavy atom. The first kappa shape index (κ1) is 12.7. The maximum absolute atomic E-state index is 8.84. The van der Waals surface area contributed by atoms with E-state index < -0.39 is 0 Å². The van der Waals surface area contributed by atoms with Crippen molar-refractivity contribution in [3.05, 3.63) is 24.0 Å². The summed E-state index contributed by atoms with van der Waals surface area (Å²) in [7, 11) is 0. The first-order chi connectivity index (χ1) is 8.53. The van der Waals surface area contributed by atoms with Gasteiger partial charge in [0, 0.05) is 24.8 Å². The molecule has 5 nitrogen and oxygen atoms in total. The van der Waals surface area contributed by atoms with Gasteiger partial charge in [0.05, 0.1) is 11.9 Å². The van der Waals surface area contributed by atoms with Crippen LogP contribution in [-0.4, -0.2) is 29.1 Å². The number of amidine groups is 1. The van der Waals surface area contributed by atoms with E-state index in [0.717, 1.165) is 30.8 Å². The van der Waals surface area contributed by atoms with Crippen LogP contribution in [0.5, 0.6) is 0 Å². The number of anilines is 1. The van der Waals surface area contributed by atoms with E-state index in [-0.39, 0.29) is 11.3 Å². The van der Waals surface area contributed by atoms with E-state index in [1.54, 1.807) is 18.5 Å². The fourth-order valence-electron chi connectivity index (χ4n) is 2.54. The predicted molar refractivity (Wildman–Crippen MR) is 72.0 cm³/mol. The molecule has 0 radical (unpaired) electrons. The van der Waals surface area contributed by atoms with Crippen LogP contribution in [0.2, 0.25) is 0 Å². The van der Waals surface area contributed by atoms with Crippen LogP contribution in [0.1, 0.15) is 32.3 Å². The summed E-state index contributed by atoms with van der Waals surface area (Å²) in [5, 5.41) is 11.9. The highest BCUT2D eigenvalue weighted by atomic mass is 16.4. The summed E-state index contributed by atoms with van der Waals surface area (Å²) in [5.74, 6) is 0.135. The SMILES string of the molecule is CC1(C)CCCN(c2cnccc2/C(N)=N/O)C1. The van der Waals surface area contributed by atoms with E-state index in [4.69, 9.17) is 10.9 Å². The fraction of sp³-hybridized carbons (Fsp3) is 0.538. The molecule has 0 bridgehead atoms. The maximum Gasteiger partial charge on any atom is 0.172 e. The molecule has 0 amide bonds. The molecule has 2 heterocycles. The molecule has 0 atom stereocenters. The Kier molecular flexibility index (Phi) is 3.41. The van der Waals surface area contributed by atoms with Gasteiger partial charge >= 0.3 is 0 Å². The van der Waals surface area contributed by atoms with Crippen molar-refractivity contribution in [2.75, 3.05) is 18.0 Å². The van der Waals surface area contributed by atoms with Gasteiger partial charge in [0.2, 0.25) is 0 Å². The van der Waals surface area contributed by atoms with Crippen LogP contribution in [-0.2, 0) is 0 Å². The Morgan fingerprint density at radius 2 is 2.33 bits per heavy atom. The van der Waals surface area contributed by atoms with Gasteiger partial charge in [-0.1, -0.05) is 19.0 Å². The molecule has 1 aromatic rings. The molecule has 5 heteroatoms. The molecule has 1 aromatic heterocycles. The highest BCUT2D eigenvalue weighted by Crippen LogP contribution is 2.32. The van der Waals surface area contributed by atoms with Crippen molar-refractivity contribution in [2.24, 2.45) is 16.3 Å². The molecule has 1 aliphatic rings. The topological polar surface area (TPSA) is 74.7 Å². The lowest BCUT2D eigenvalue weighted by Gasteiger charge is -2.39. The zero-order chi connectivity index (χ0) is 13.2. The lowest BCUT2D eigenvalue weighted by atomic mass is 9.84. The molecule has 2 rings (SSSR count). The second-order valence-corrected chi connectivity index (χ2v) is 5.57. The number of pyridine rings is 1. The average molecular weight is 248 g/mol. The van der Waals surface area contributed by atoms with Crippen molar-refractivity contribution in [3.63, 3.8) is 0 Å². The van der Waals surface area contributed by atoms with Crippen molar-refractivity contribution in [2.45, 2.75) is 26.7 Å². The Hall–Kier alpha value is -1.78. The Morgan fingerprint density at radius 3 is 3.00 bits per heavy atom. The van der Waals surface area contributed by atoms with E-state index in [9.17, 15) is 0 Å². The van der Waals surface area contributed by atoms with Crippen LogP contribution in [0.25, 0.3) is 0 Å². The fourth-order valence-corrected chi connectivity index (χ4v) is 2.54. The minimum atomic E-state index is 0.135. The summed E-state index contributed by atoms with van der Waals surface area (Å²) in [4.78, 5) is 6.42. The van der Waals surface area contributed by atoms with Gasteiger partial charge in [0.25, 0.3) is 0 Å². The second kappa shape index (κ2) is 4.84. The molecule has 0 saturated carbocycles. The van der Waals surface area contributed by atoms with Gasteiger partial charge < -0.3 is 15.8 Å². The number of aromatic nitrogens is 1. The number of hydrogen-bond donors (Lipinski definition) is 2. The number of piperidine rings is 1. The van der Waals surface area contributed by atoms with E-state index in [1.165, 1.54) is 6.42 Å². The van der Waals surface area contributed by atoms with Crippen LogP contribution >= 0.6 is 0 Å². The highest BCUT2D eigenvalue weighted by Gasteiger charge is 2.28. The van der Waals surface area contributed by atoms with Crippen molar-refractivity contribution < 1.29 is 5.21 Å². The van der Waals surface area contributed by atoms with Gasteiger partial charge in [-0.2, -0.15) is 0 Å². The average Bonchev–Trinajstić information content (AvgIpc) is 2.36. The lowest BCUT2D eigenvalue weighted by Crippen LogP contribution is -2.41. The van der Waals surface area contributed by atoms with Crippen molar-refractivity contribution >= 4 is 11.5 Å². The molecule has 1 saturated heterocycles. The van der Waals surface area contributed by atoms with Crippen LogP contribution in [0, 0.1) is 5.41 Å². The third-order valence-corrected chi connectivity index (χ3v) is 3.42. The van der Waals surface area contributed by atoms with Crippen LogP contribution in [0.15, 0.2) is 23.6 Å². The summed E-state index contributed by atoms with van der Waals surface area (Å²) in [6, 6.07) is 1.78. The zero-order valence-electron chi connectivity index (χ0n) is 10.9. The number of oxime groups is 1. The van der Waals surface area contributed by atoms with Crippen LogP contribution in [0.4, 0.5) is 5.69 Å². The molecule has 3 N–H and O–H groups in total. The van der Waals surface area contributed by atoms with Gasteiger partial charge in [-0.05, 0) is 24.3 Å². The van der Waals surface area contributed by atoms with E-state index in [2.05, 4.69) is 28.9 Å². The first-order valence-corrected chi connectivity index (χ1v) is 6.20. The maximum atomic E-state index is 8.84. The normalized spacial score (nSPS) is 19.9. The second-order valence-electron chi connectivity index (χ2n) is 5.57. The third kappa shape index (κ3) is 2.55. The third-order valence-electron chi connectivity index (χ3n) is 3.42. The van der Waals surface area contributed by atoms with Gasteiger partial charge in [0.1, 0.15) is 0 Å². The number of hydrogen-bond acceptors (Lipinski definition) is 4. The molecular formula is C13H20N4O. The first-order valence-electron chi connectivity index (χ1n) is 6.20. The van der Waals surface area contributed by atoms with Gasteiger partial charge in [-0.25, -0.2) is 0 Å². The number of nitrogens with two attached hydrogens (primary N) is 1. The zero-order valence-corrected chi connectivity index (χ0v) is 10.9. The van der Waals surface area contributed by atoms with Crippen molar-refractivity contribution in [1.29, 1.82) is 0 Å². The molecule has 98 valence electrons. The summed E-state index contributed by atoms with van der Waals surface area (Å²) >= 11 is 0. The van der Waals surface area contributed by atoms with Crippen LogP contribution in [0.3, 0.4) is 0 Å². The van der Waals surface area contributed by atoms with Gasteiger partial charge in [0.15, 0.2) is 5.84 Å². The lowest BCUT2D eigenvalue weighted by molar-refractivity contribution is 0.293. The molecule has 0 spiro atoms.